The molecule has 246 valence electrons. The van der Waals surface area contributed by atoms with E-state index in [0.29, 0.717) is 24.0 Å². The molecule has 47 heavy (non-hydrogen) atoms. The standard InChI is InChI=1S/C35H41N7O3S2/c1-23-8-10-28(11-9-23)41-33(20-32(39-41)35(2,3)4)38-34(43)37-27-7-5-6-24(17-27)16-25-18-29-12-13-30(19-25)42(29)47(44,45)40-15-14-31-26(22-40)21-36-46-31/h5-11,14,17,20-22,25,29-30H,12-13,15-16,18-19H2,1-4H3,(H2,37,38,43). The van der Waals surface area contributed by atoms with Crippen LogP contribution < -0.4 is 20.4 Å². The van der Waals surface area contributed by atoms with Gasteiger partial charge in [-0.25, -0.2) is 9.48 Å². The van der Waals surface area contributed by atoms with Crippen LogP contribution in [0.15, 0.2) is 60.8 Å². The van der Waals surface area contributed by atoms with Crippen LogP contribution in [0.1, 0.15) is 63.3 Å². The molecule has 3 aliphatic rings. The molecule has 2 N–H and O–H groups in total. The molecular formula is C35H41N7O3S2. The Kier molecular flexibility index (Phi) is 8.22. The van der Waals surface area contributed by atoms with Gasteiger partial charge >= 0.3 is 16.2 Å². The Balaban J connectivity index is 1.01. The minimum Gasteiger partial charge on any atom is -0.308 e. The molecule has 7 rings (SSSR count). The molecule has 2 fully saturated rings. The maximum Gasteiger partial charge on any atom is 0.324 e. The Morgan fingerprint density at radius 3 is 2.49 bits per heavy atom. The number of hydrogen-bond acceptors (Lipinski definition) is 6. The first-order valence-corrected chi connectivity index (χ1v) is 18.4. The summed E-state index contributed by atoms with van der Waals surface area (Å²) in [6.07, 6.45) is 9.68. The summed E-state index contributed by atoms with van der Waals surface area (Å²) in [5.41, 5.74) is 4.55. The van der Waals surface area contributed by atoms with Gasteiger partial charge in [-0.15, -0.1) is 0 Å². The molecule has 2 bridgehead atoms. The van der Waals surface area contributed by atoms with Gasteiger partial charge in [0, 0.05) is 40.7 Å². The Morgan fingerprint density at radius 2 is 1.77 bits per heavy atom. The van der Waals surface area contributed by atoms with E-state index in [4.69, 9.17) is 5.10 Å². The van der Waals surface area contributed by atoms with Crippen molar-refractivity contribution in [3.05, 3.63) is 87.4 Å². The summed E-state index contributed by atoms with van der Waals surface area (Å²) in [5, 5.41) is 11.7. The van der Waals surface area contributed by atoms with Gasteiger partial charge < -0.3 is 5.32 Å². The number of carbonyl (C=O) groups is 1. The molecule has 2 unspecified atom stereocenters. The third-order valence-electron chi connectivity index (χ3n) is 9.40. The van der Waals surface area contributed by atoms with Crippen molar-refractivity contribution in [1.82, 2.24) is 22.8 Å². The number of nitrogens with zero attached hydrogens (tertiary/aromatic N) is 5. The molecule has 2 saturated heterocycles. The number of carbonyl (C=O) groups excluding carboxylic acids is 1. The Labute approximate surface area is 280 Å². The van der Waals surface area contributed by atoms with Crippen LogP contribution in [0.3, 0.4) is 0 Å². The van der Waals surface area contributed by atoms with Crippen molar-refractivity contribution in [2.75, 3.05) is 17.2 Å². The highest BCUT2D eigenvalue weighted by molar-refractivity contribution is 7.87. The molecule has 4 aromatic rings. The van der Waals surface area contributed by atoms with Crippen molar-refractivity contribution in [2.45, 2.75) is 77.3 Å². The summed E-state index contributed by atoms with van der Waals surface area (Å²) in [4.78, 5) is 13.2. The van der Waals surface area contributed by atoms with E-state index in [1.54, 1.807) is 21.4 Å². The van der Waals surface area contributed by atoms with Crippen molar-refractivity contribution in [3.63, 3.8) is 0 Å². The van der Waals surface area contributed by atoms with Crippen LogP contribution in [-0.4, -0.2) is 55.8 Å². The van der Waals surface area contributed by atoms with Crippen LogP contribution in [0.5, 0.6) is 0 Å². The molecule has 0 spiro atoms. The molecule has 10 nitrogen and oxygen atoms in total. The van der Waals surface area contributed by atoms with E-state index in [2.05, 4.69) is 41.8 Å². The molecule has 2 amide bonds. The molecule has 2 atom stereocenters. The van der Waals surface area contributed by atoms with E-state index >= 15 is 0 Å². The van der Waals surface area contributed by atoms with Gasteiger partial charge in [0.1, 0.15) is 5.82 Å². The number of hydrogen-bond donors (Lipinski definition) is 2. The zero-order valence-corrected chi connectivity index (χ0v) is 28.8. The van der Waals surface area contributed by atoms with Gasteiger partial charge in [0.25, 0.3) is 0 Å². The molecule has 0 saturated carbocycles. The summed E-state index contributed by atoms with van der Waals surface area (Å²) in [6, 6.07) is 17.6. The normalized spacial score (nSPS) is 21.1. The topological polar surface area (TPSA) is 112 Å². The highest BCUT2D eigenvalue weighted by Gasteiger charge is 2.48. The van der Waals surface area contributed by atoms with Crippen LogP contribution in [0, 0.1) is 12.8 Å². The first-order valence-electron chi connectivity index (χ1n) is 16.2. The Morgan fingerprint density at radius 1 is 1.02 bits per heavy atom. The van der Waals surface area contributed by atoms with Gasteiger partial charge in [0.2, 0.25) is 0 Å². The molecule has 0 aliphatic carbocycles. The number of urea groups is 1. The SMILES string of the molecule is Cc1ccc(-n2nc(C(C)(C)C)cc2NC(=O)Nc2cccc(CC3CC4CCC(C3)N4S(=O)(=O)N3C=c4cnsc4=CC3)c2)cc1. The zero-order valence-electron chi connectivity index (χ0n) is 27.2. The average molecular weight is 672 g/mol. The van der Waals surface area contributed by atoms with Crippen LogP contribution in [0.4, 0.5) is 16.3 Å². The fraction of sp³-hybridized carbons (Fsp3) is 0.400. The van der Waals surface area contributed by atoms with Crippen molar-refractivity contribution >= 4 is 51.6 Å². The largest absolute Gasteiger partial charge is 0.324 e. The lowest BCUT2D eigenvalue weighted by atomic mass is 9.87. The smallest absolute Gasteiger partial charge is 0.308 e. The molecule has 0 radical (unpaired) electrons. The van der Waals surface area contributed by atoms with Gasteiger partial charge in [0.15, 0.2) is 0 Å². The van der Waals surface area contributed by atoms with Gasteiger partial charge in [0.05, 0.1) is 28.7 Å². The van der Waals surface area contributed by atoms with E-state index < -0.39 is 10.2 Å². The summed E-state index contributed by atoms with van der Waals surface area (Å²) in [5.74, 6) is 0.962. The van der Waals surface area contributed by atoms with Crippen LogP contribution in [0.25, 0.3) is 18.0 Å². The first-order chi connectivity index (χ1) is 22.4. The molecule has 2 aromatic heterocycles. The first kappa shape index (κ1) is 31.6. The number of fused-ring (bicyclic) bond motifs is 3. The summed E-state index contributed by atoms with van der Waals surface area (Å²) < 4.78 is 37.8. The van der Waals surface area contributed by atoms with Crippen molar-refractivity contribution < 1.29 is 13.2 Å². The summed E-state index contributed by atoms with van der Waals surface area (Å²) >= 11 is 1.39. The highest BCUT2D eigenvalue weighted by atomic mass is 32.2. The fourth-order valence-corrected chi connectivity index (χ4v) is 9.60. The lowest BCUT2D eigenvalue weighted by Gasteiger charge is -2.40. The second-order valence-corrected chi connectivity index (χ2v) is 16.6. The van der Waals surface area contributed by atoms with Crippen LogP contribution in [-0.2, 0) is 22.0 Å². The van der Waals surface area contributed by atoms with E-state index in [1.165, 1.54) is 15.8 Å². The van der Waals surface area contributed by atoms with E-state index in [9.17, 15) is 13.2 Å². The van der Waals surface area contributed by atoms with Crippen LogP contribution >= 0.6 is 11.5 Å². The number of anilines is 2. The number of amides is 2. The molecule has 2 aromatic carbocycles. The zero-order chi connectivity index (χ0) is 32.9. The Hall–Kier alpha value is -4.00. The van der Waals surface area contributed by atoms with E-state index in [-0.39, 0.29) is 23.5 Å². The molecular weight excluding hydrogens is 631 g/mol. The number of aromatic nitrogens is 3. The van der Waals surface area contributed by atoms with Gasteiger partial charge in [-0.2, -0.15) is 22.2 Å². The summed E-state index contributed by atoms with van der Waals surface area (Å²) in [6.45, 7) is 8.68. The number of rotatable bonds is 7. The third kappa shape index (κ3) is 6.46. The number of aryl methyl sites for hydroxylation is 1. The lowest BCUT2D eigenvalue weighted by molar-refractivity contribution is 0.183. The minimum absolute atomic E-state index is 0.00241. The molecule has 3 aliphatic heterocycles. The second kappa shape index (κ2) is 12.2. The van der Waals surface area contributed by atoms with Gasteiger partial charge in [-0.05, 0) is 92.4 Å². The molecule has 12 heteroatoms. The van der Waals surface area contributed by atoms with Crippen LogP contribution in [0.2, 0.25) is 0 Å². The number of benzene rings is 2. The van der Waals surface area contributed by atoms with E-state index in [0.717, 1.165) is 64.4 Å². The lowest BCUT2D eigenvalue weighted by Crippen LogP contribution is -2.52. The minimum atomic E-state index is -3.62. The quantitative estimate of drug-likeness (QED) is 0.283. The predicted molar refractivity (Wildman–Crippen MR) is 187 cm³/mol. The Bertz CT molecular complexity index is 2020. The average Bonchev–Trinajstić information content (AvgIpc) is 3.74. The number of piperidine rings is 1. The van der Waals surface area contributed by atoms with Crippen molar-refractivity contribution in [3.8, 4) is 5.69 Å². The maximum absolute atomic E-state index is 13.8. The maximum atomic E-state index is 13.8. The van der Waals surface area contributed by atoms with Gasteiger partial charge in [-0.3, -0.25) is 9.62 Å². The second-order valence-electron chi connectivity index (χ2n) is 14.0. The third-order valence-corrected chi connectivity index (χ3v) is 12.2. The van der Waals surface area contributed by atoms with Crippen molar-refractivity contribution in [2.24, 2.45) is 5.92 Å². The van der Waals surface area contributed by atoms with Crippen molar-refractivity contribution in [1.29, 1.82) is 0 Å². The summed E-state index contributed by atoms with van der Waals surface area (Å²) in [7, 11) is -3.62. The highest BCUT2D eigenvalue weighted by Crippen LogP contribution is 2.42. The molecule has 5 heterocycles. The van der Waals surface area contributed by atoms with E-state index in [1.807, 2.05) is 61.5 Å². The predicted octanol–water partition coefficient (Wildman–Crippen LogP) is 5.14. The van der Waals surface area contributed by atoms with Gasteiger partial charge in [-0.1, -0.05) is 50.6 Å². The monoisotopic (exact) mass is 671 g/mol. The fourth-order valence-electron chi connectivity index (χ4n) is 7.07. The number of nitrogens with one attached hydrogen (secondary N) is 2.